The number of carbonyl (C=O) groups is 1. The Bertz CT molecular complexity index is 711. The number of hydrogen-bond donors (Lipinski definition) is 0. The molecule has 3 nitrogen and oxygen atoms in total. The molecule has 2 aliphatic rings. The first-order valence-electron chi connectivity index (χ1n) is 7.27. The fraction of sp³-hybridized carbons (Fsp3) is 0.353. The number of hydrogen-bond acceptors (Lipinski definition) is 3. The third-order valence-corrected chi connectivity index (χ3v) is 5.43. The van der Waals surface area contributed by atoms with Gasteiger partial charge in [-0.2, -0.15) is 0 Å². The van der Waals surface area contributed by atoms with E-state index in [1.54, 1.807) is 18.9 Å². The summed E-state index contributed by atoms with van der Waals surface area (Å²) in [6.07, 6.45) is 2.32. The molecule has 0 radical (unpaired) electrons. The molecule has 1 aliphatic heterocycles. The van der Waals surface area contributed by atoms with Crippen LogP contribution in [0.2, 0.25) is 0 Å². The molecule has 2 aromatic carbocycles. The lowest BCUT2D eigenvalue weighted by Gasteiger charge is -2.24. The Hall–Kier alpha value is -1.68. The van der Waals surface area contributed by atoms with E-state index < -0.39 is 0 Å². The maximum atomic E-state index is 12.1. The third kappa shape index (κ3) is 2.27. The molecule has 4 rings (SSSR count). The first kappa shape index (κ1) is 13.0. The van der Waals surface area contributed by atoms with Gasteiger partial charge in [0.05, 0.1) is 12.9 Å². The second kappa shape index (κ2) is 4.95. The van der Waals surface area contributed by atoms with Gasteiger partial charge in [-0.15, -0.1) is 11.8 Å². The number of benzene rings is 2. The van der Waals surface area contributed by atoms with Crippen LogP contribution < -0.4 is 4.74 Å². The highest BCUT2D eigenvalue weighted by atomic mass is 32.2. The summed E-state index contributed by atoms with van der Waals surface area (Å²) in [5, 5.41) is 2.56. The summed E-state index contributed by atoms with van der Waals surface area (Å²) >= 11 is 1.75. The summed E-state index contributed by atoms with van der Waals surface area (Å²) in [7, 11) is 1.68. The van der Waals surface area contributed by atoms with Crippen LogP contribution in [0.15, 0.2) is 36.4 Å². The maximum Gasteiger partial charge on any atom is 0.234 e. The molecule has 0 aromatic heterocycles. The number of methoxy groups -OCH3 is 1. The second-order valence-corrected chi connectivity index (χ2v) is 6.74. The molecule has 0 spiro atoms. The zero-order valence-corrected chi connectivity index (χ0v) is 12.7. The molecule has 1 atom stereocenters. The number of carbonyl (C=O) groups excluding carboxylic acids is 1. The molecule has 2 fully saturated rings. The van der Waals surface area contributed by atoms with Crippen LogP contribution in [0.1, 0.15) is 23.8 Å². The van der Waals surface area contributed by atoms with E-state index in [1.807, 2.05) is 12.1 Å². The van der Waals surface area contributed by atoms with E-state index in [-0.39, 0.29) is 5.37 Å². The Morgan fingerprint density at radius 1 is 1.14 bits per heavy atom. The Balaban J connectivity index is 1.71. The van der Waals surface area contributed by atoms with Crippen LogP contribution in [-0.4, -0.2) is 29.7 Å². The maximum absolute atomic E-state index is 12.1. The van der Waals surface area contributed by atoms with Gasteiger partial charge in [0.1, 0.15) is 11.1 Å². The van der Waals surface area contributed by atoms with E-state index in [2.05, 4.69) is 29.2 Å². The van der Waals surface area contributed by atoms with Gasteiger partial charge >= 0.3 is 0 Å². The molecular weight excluding hydrogens is 282 g/mol. The number of thioether (sulfide) groups is 1. The molecule has 1 heterocycles. The van der Waals surface area contributed by atoms with E-state index in [4.69, 9.17) is 4.74 Å². The van der Waals surface area contributed by atoms with Crippen LogP contribution in [0.4, 0.5) is 0 Å². The summed E-state index contributed by atoms with van der Waals surface area (Å²) in [6, 6.07) is 13.1. The highest BCUT2D eigenvalue weighted by Gasteiger charge is 2.42. The van der Waals surface area contributed by atoms with Gasteiger partial charge in [-0.05, 0) is 47.4 Å². The van der Waals surface area contributed by atoms with Gasteiger partial charge in [0.25, 0.3) is 0 Å². The molecule has 0 N–H and O–H groups in total. The quantitative estimate of drug-likeness (QED) is 0.867. The lowest BCUT2D eigenvalue weighted by Crippen LogP contribution is -2.30. The number of nitrogens with zero attached hydrogens (tertiary/aromatic N) is 1. The topological polar surface area (TPSA) is 29.5 Å². The van der Waals surface area contributed by atoms with Crippen molar-refractivity contribution in [1.82, 2.24) is 4.90 Å². The van der Waals surface area contributed by atoms with Gasteiger partial charge in [-0.3, -0.25) is 4.79 Å². The normalized spacial score (nSPS) is 22.0. The molecule has 108 valence electrons. The van der Waals surface area contributed by atoms with Crippen molar-refractivity contribution in [3.05, 3.63) is 42.0 Å². The van der Waals surface area contributed by atoms with Crippen LogP contribution in [0.3, 0.4) is 0 Å². The molecule has 1 aliphatic carbocycles. The van der Waals surface area contributed by atoms with E-state index in [9.17, 15) is 4.79 Å². The van der Waals surface area contributed by atoms with Crippen molar-refractivity contribution in [1.29, 1.82) is 0 Å². The standard InChI is InChI=1S/C17H17NO2S/c1-20-15-7-4-11-8-13(3-2-12(11)9-15)17-18(14-5-6-14)16(19)10-21-17/h2-4,7-9,14,17H,5-6,10H2,1H3/t17-/m1/s1. The number of ether oxygens (including phenoxy) is 1. The van der Waals surface area contributed by atoms with Gasteiger partial charge in [-0.1, -0.05) is 18.2 Å². The van der Waals surface area contributed by atoms with Crippen LogP contribution in [-0.2, 0) is 4.79 Å². The Morgan fingerprint density at radius 2 is 1.90 bits per heavy atom. The molecular formula is C17H17NO2S. The van der Waals surface area contributed by atoms with E-state index in [0.717, 1.165) is 18.6 Å². The average molecular weight is 299 g/mol. The van der Waals surface area contributed by atoms with Crippen molar-refractivity contribution in [3.8, 4) is 5.75 Å². The van der Waals surface area contributed by atoms with Crippen LogP contribution in [0.5, 0.6) is 5.75 Å². The molecule has 1 saturated heterocycles. The Kier molecular flexibility index (Phi) is 3.07. The van der Waals surface area contributed by atoms with Gasteiger partial charge < -0.3 is 9.64 Å². The zero-order valence-electron chi connectivity index (χ0n) is 11.9. The van der Waals surface area contributed by atoms with Crippen molar-refractivity contribution < 1.29 is 9.53 Å². The Morgan fingerprint density at radius 3 is 2.67 bits per heavy atom. The number of fused-ring (bicyclic) bond motifs is 1. The molecule has 21 heavy (non-hydrogen) atoms. The minimum atomic E-state index is 0.191. The van der Waals surface area contributed by atoms with Gasteiger partial charge in [-0.25, -0.2) is 0 Å². The van der Waals surface area contributed by atoms with Gasteiger partial charge in [0, 0.05) is 6.04 Å². The van der Waals surface area contributed by atoms with E-state index in [1.165, 1.54) is 16.3 Å². The molecule has 0 unspecified atom stereocenters. The summed E-state index contributed by atoms with van der Waals surface area (Å²) in [4.78, 5) is 14.2. The first-order valence-corrected chi connectivity index (χ1v) is 8.31. The van der Waals surface area contributed by atoms with Crippen molar-refractivity contribution in [3.63, 3.8) is 0 Å². The second-order valence-electron chi connectivity index (χ2n) is 5.67. The third-order valence-electron chi connectivity index (χ3n) is 4.20. The highest BCUT2D eigenvalue weighted by molar-refractivity contribution is 8.00. The monoisotopic (exact) mass is 299 g/mol. The minimum Gasteiger partial charge on any atom is -0.497 e. The molecule has 1 amide bonds. The zero-order chi connectivity index (χ0) is 14.4. The molecule has 1 saturated carbocycles. The lowest BCUT2D eigenvalue weighted by molar-refractivity contribution is -0.128. The van der Waals surface area contributed by atoms with Crippen molar-refractivity contribution in [2.24, 2.45) is 0 Å². The van der Waals surface area contributed by atoms with Crippen LogP contribution in [0, 0.1) is 0 Å². The number of amides is 1. The Labute approximate surface area is 128 Å². The summed E-state index contributed by atoms with van der Waals surface area (Å²) < 4.78 is 5.27. The highest BCUT2D eigenvalue weighted by Crippen LogP contribution is 2.45. The van der Waals surface area contributed by atoms with E-state index >= 15 is 0 Å². The van der Waals surface area contributed by atoms with Crippen LogP contribution in [0.25, 0.3) is 10.8 Å². The SMILES string of the molecule is COc1ccc2cc([C@H]3SCC(=O)N3C3CC3)ccc2c1. The van der Waals surface area contributed by atoms with Gasteiger partial charge in [0.2, 0.25) is 5.91 Å². The van der Waals surface area contributed by atoms with Crippen molar-refractivity contribution >= 4 is 28.4 Å². The summed E-state index contributed by atoms with van der Waals surface area (Å²) in [5.74, 6) is 1.78. The summed E-state index contributed by atoms with van der Waals surface area (Å²) in [6.45, 7) is 0. The molecule has 0 bridgehead atoms. The molecule has 2 aromatic rings. The predicted octanol–water partition coefficient (Wildman–Crippen LogP) is 3.58. The predicted molar refractivity (Wildman–Crippen MR) is 85.6 cm³/mol. The summed E-state index contributed by atoms with van der Waals surface area (Å²) in [5.41, 5.74) is 1.23. The van der Waals surface area contributed by atoms with Gasteiger partial charge in [0.15, 0.2) is 0 Å². The molecule has 4 heteroatoms. The smallest absolute Gasteiger partial charge is 0.234 e. The fourth-order valence-electron chi connectivity index (χ4n) is 2.96. The number of rotatable bonds is 3. The lowest BCUT2D eigenvalue weighted by atomic mass is 10.1. The van der Waals surface area contributed by atoms with Crippen molar-refractivity contribution in [2.45, 2.75) is 24.3 Å². The minimum absolute atomic E-state index is 0.191. The van der Waals surface area contributed by atoms with Crippen molar-refractivity contribution in [2.75, 3.05) is 12.9 Å². The van der Waals surface area contributed by atoms with E-state index in [0.29, 0.717) is 17.7 Å². The largest absolute Gasteiger partial charge is 0.497 e. The first-order chi connectivity index (χ1) is 10.3. The average Bonchev–Trinajstić information content (AvgIpc) is 3.28. The fourth-order valence-corrected chi connectivity index (χ4v) is 4.20. The van der Waals surface area contributed by atoms with Crippen LogP contribution >= 0.6 is 11.8 Å².